The van der Waals surface area contributed by atoms with Crippen LogP contribution in [0.5, 0.6) is 0 Å². The number of esters is 1. The lowest BCUT2D eigenvalue weighted by Crippen LogP contribution is -2.15. The third kappa shape index (κ3) is 2.68. The highest BCUT2D eigenvalue weighted by atomic mass is 16.5. The zero-order valence-electron chi connectivity index (χ0n) is 8.30. The summed E-state index contributed by atoms with van der Waals surface area (Å²) in [6.07, 6.45) is 1.45. The zero-order chi connectivity index (χ0) is 11.3. The van der Waals surface area contributed by atoms with Gasteiger partial charge in [-0.1, -0.05) is 0 Å². The molecule has 0 unspecified atom stereocenters. The van der Waals surface area contributed by atoms with Gasteiger partial charge in [-0.15, -0.1) is 0 Å². The predicted octanol–water partition coefficient (Wildman–Crippen LogP) is 0.834. The number of rotatable bonds is 3. The van der Waals surface area contributed by atoms with Gasteiger partial charge in [0.2, 0.25) is 0 Å². The molecule has 1 heterocycles. The maximum absolute atomic E-state index is 11.4. The van der Waals surface area contributed by atoms with Gasteiger partial charge in [-0.3, -0.25) is 9.78 Å². The van der Waals surface area contributed by atoms with E-state index in [4.69, 9.17) is 15.7 Å². The molecule has 0 aromatic carbocycles. The van der Waals surface area contributed by atoms with Gasteiger partial charge in [-0.25, -0.2) is 0 Å². The SMILES string of the molecule is CCOC(=O)[C@@H](C#N)c1cc(N)ccn1. The van der Waals surface area contributed by atoms with Crippen LogP contribution in [-0.4, -0.2) is 17.6 Å². The molecule has 78 valence electrons. The summed E-state index contributed by atoms with van der Waals surface area (Å²) in [6.45, 7) is 1.92. The lowest BCUT2D eigenvalue weighted by Gasteiger charge is -2.07. The molecular weight excluding hydrogens is 194 g/mol. The maximum Gasteiger partial charge on any atom is 0.329 e. The van der Waals surface area contributed by atoms with Gasteiger partial charge < -0.3 is 10.5 Å². The number of nitriles is 1. The lowest BCUT2D eigenvalue weighted by atomic mass is 10.1. The molecular formula is C10H11N3O2. The van der Waals surface area contributed by atoms with Crippen LogP contribution in [-0.2, 0) is 9.53 Å². The van der Waals surface area contributed by atoms with Crippen LogP contribution in [0.3, 0.4) is 0 Å². The second-order valence-corrected chi connectivity index (χ2v) is 2.83. The minimum absolute atomic E-state index is 0.235. The average molecular weight is 205 g/mol. The number of hydrogen-bond acceptors (Lipinski definition) is 5. The lowest BCUT2D eigenvalue weighted by molar-refractivity contribution is -0.143. The Kier molecular flexibility index (Phi) is 3.63. The molecule has 0 aliphatic carbocycles. The second-order valence-electron chi connectivity index (χ2n) is 2.83. The Morgan fingerprint density at radius 1 is 1.80 bits per heavy atom. The van der Waals surface area contributed by atoms with E-state index in [1.165, 1.54) is 12.3 Å². The first-order valence-electron chi connectivity index (χ1n) is 4.46. The van der Waals surface area contributed by atoms with Gasteiger partial charge in [0, 0.05) is 11.9 Å². The van der Waals surface area contributed by atoms with E-state index in [2.05, 4.69) is 4.98 Å². The molecule has 0 spiro atoms. The topological polar surface area (TPSA) is 89.0 Å². The molecule has 0 saturated heterocycles. The Morgan fingerprint density at radius 3 is 3.07 bits per heavy atom. The van der Waals surface area contributed by atoms with Crippen LogP contribution in [0.25, 0.3) is 0 Å². The van der Waals surface area contributed by atoms with E-state index in [9.17, 15) is 4.79 Å². The number of pyridine rings is 1. The first kappa shape index (κ1) is 11.0. The van der Waals surface area contributed by atoms with Gasteiger partial charge in [0.1, 0.15) is 0 Å². The van der Waals surface area contributed by atoms with E-state index in [1.807, 2.05) is 6.07 Å². The van der Waals surface area contributed by atoms with Gasteiger partial charge in [0.15, 0.2) is 5.92 Å². The summed E-state index contributed by atoms with van der Waals surface area (Å²) >= 11 is 0. The van der Waals surface area contributed by atoms with Crippen LogP contribution in [0.2, 0.25) is 0 Å². The van der Waals surface area contributed by atoms with Gasteiger partial charge >= 0.3 is 5.97 Å². The molecule has 0 aliphatic heterocycles. The molecule has 1 rings (SSSR count). The largest absolute Gasteiger partial charge is 0.465 e. The standard InChI is InChI=1S/C10H11N3O2/c1-2-15-10(14)8(6-11)9-5-7(12)3-4-13-9/h3-5,8H,2H2,1H3,(H2,12,13)/t8-/m0/s1. The summed E-state index contributed by atoms with van der Waals surface area (Å²) in [4.78, 5) is 15.3. The molecule has 1 atom stereocenters. The minimum atomic E-state index is -1.01. The zero-order valence-corrected chi connectivity index (χ0v) is 8.30. The summed E-state index contributed by atoms with van der Waals surface area (Å²) in [5.41, 5.74) is 6.30. The number of nitrogen functional groups attached to an aromatic ring is 1. The number of ether oxygens (including phenoxy) is 1. The van der Waals surface area contributed by atoms with Crippen molar-refractivity contribution in [2.75, 3.05) is 12.3 Å². The van der Waals surface area contributed by atoms with Crippen molar-refractivity contribution in [3.8, 4) is 6.07 Å². The quantitative estimate of drug-likeness (QED) is 0.738. The fourth-order valence-electron chi connectivity index (χ4n) is 1.09. The molecule has 15 heavy (non-hydrogen) atoms. The van der Waals surface area contributed by atoms with Crippen molar-refractivity contribution in [1.29, 1.82) is 5.26 Å². The number of aromatic nitrogens is 1. The summed E-state index contributed by atoms with van der Waals surface area (Å²) in [7, 11) is 0. The molecule has 0 bridgehead atoms. The van der Waals surface area contributed by atoms with Crippen LogP contribution >= 0.6 is 0 Å². The molecule has 0 aliphatic rings. The van der Waals surface area contributed by atoms with Crippen LogP contribution in [0.15, 0.2) is 18.3 Å². The van der Waals surface area contributed by atoms with Gasteiger partial charge in [0.25, 0.3) is 0 Å². The number of hydrogen-bond donors (Lipinski definition) is 1. The third-order valence-electron chi connectivity index (χ3n) is 1.75. The second kappa shape index (κ2) is 4.96. The summed E-state index contributed by atoms with van der Waals surface area (Å²) in [5, 5.41) is 8.84. The highest BCUT2D eigenvalue weighted by molar-refractivity contribution is 5.80. The molecule has 0 fully saturated rings. The molecule has 0 amide bonds. The summed E-state index contributed by atoms with van der Waals surface area (Å²) in [5.74, 6) is -1.61. The fourth-order valence-corrected chi connectivity index (χ4v) is 1.09. The van der Waals surface area contributed by atoms with Crippen molar-refractivity contribution in [1.82, 2.24) is 4.98 Å². The molecule has 2 N–H and O–H groups in total. The Balaban J connectivity index is 2.93. The smallest absolute Gasteiger partial charge is 0.329 e. The van der Waals surface area contributed by atoms with Crippen LogP contribution in [0, 0.1) is 11.3 Å². The maximum atomic E-state index is 11.4. The van der Waals surface area contributed by atoms with Crippen LogP contribution < -0.4 is 5.73 Å². The molecule has 1 aromatic heterocycles. The van der Waals surface area contributed by atoms with Crippen molar-refractivity contribution < 1.29 is 9.53 Å². The van der Waals surface area contributed by atoms with E-state index in [0.29, 0.717) is 11.4 Å². The van der Waals surface area contributed by atoms with Crippen molar-refractivity contribution in [3.05, 3.63) is 24.0 Å². The third-order valence-corrected chi connectivity index (χ3v) is 1.75. The minimum Gasteiger partial charge on any atom is -0.465 e. The normalized spacial score (nSPS) is 11.5. The summed E-state index contributed by atoms with van der Waals surface area (Å²) in [6, 6.07) is 4.91. The molecule has 0 radical (unpaired) electrons. The number of nitrogens with two attached hydrogens (primary N) is 1. The van der Waals surface area contributed by atoms with E-state index in [0.717, 1.165) is 0 Å². The van der Waals surface area contributed by atoms with E-state index >= 15 is 0 Å². The molecule has 5 heteroatoms. The van der Waals surface area contributed by atoms with Crippen LogP contribution in [0.1, 0.15) is 18.5 Å². The molecule has 1 aromatic rings. The highest BCUT2D eigenvalue weighted by Crippen LogP contribution is 2.16. The summed E-state index contributed by atoms with van der Waals surface area (Å²) < 4.78 is 4.75. The molecule has 0 saturated carbocycles. The number of nitrogens with zero attached hydrogens (tertiary/aromatic N) is 2. The number of anilines is 1. The first-order chi connectivity index (χ1) is 7.19. The highest BCUT2D eigenvalue weighted by Gasteiger charge is 2.22. The van der Waals surface area contributed by atoms with Crippen LogP contribution in [0.4, 0.5) is 5.69 Å². The van der Waals surface area contributed by atoms with E-state index < -0.39 is 11.9 Å². The van der Waals surface area contributed by atoms with Crippen molar-refractivity contribution in [3.63, 3.8) is 0 Å². The average Bonchev–Trinajstić information content (AvgIpc) is 2.19. The van der Waals surface area contributed by atoms with Crippen molar-refractivity contribution >= 4 is 11.7 Å². The Morgan fingerprint density at radius 2 is 2.53 bits per heavy atom. The number of carbonyl (C=O) groups is 1. The van der Waals surface area contributed by atoms with Crippen molar-refractivity contribution in [2.24, 2.45) is 0 Å². The first-order valence-corrected chi connectivity index (χ1v) is 4.46. The van der Waals surface area contributed by atoms with E-state index in [1.54, 1.807) is 13.0 Å². The monoisotopic (exact) mass is 205 g/mol. The Bertz CT molecular complexity index is 398. The number of carbonyl (C=O) groups excluding carboxylic acids is 1. The molecule has 5 nitrogen and oxygen atoms in total. The fraction of sp³-hybridized carbons (Fsp3) is 0.300. The van der Waals surface area contributed by atoms with Crippen molar-refractivity contribution in [2.45, 2.75) is 12.8 Å². The van der Waals surface area contributed by atoms with Gasteiger partial charge in [-0.05, 0) is 19.1 Å². The predicted molar refractivity (Wildman–Crippen MR) is 53.6 cm³/mol. The van der Waals surface area contributed by atoms with Gasteiger partial charge in [-0.2, -0.15) is 5.26 Å². The Labute approximate surface area is 87.5 Å². The Hall–Kier alpha value is -2.09. The van der Waals surface area contributed by atoms with E-state index in [-0.39, 0.29) is 6.61 Å². The van der Waals surface area contributed by atoms with Gasteiger partial charge in [0.05, 0.1) is 18.4 Å².